The minimum atomic E-state index is 0.0374. The molecule has 1 saturated heterocycles. The predicted octanol–water partition coefficient (Wildman–Crippen LogP) is 2.10. The Kier molecular flexibility index (Phi) is 8.59. The first-order chi connectivity index (χ1) is 11.4. The first-order valence-electron chi connectivity index (χ1n) is 8.80. The smallest absolute Gasteiger partial charge is 0.109 e. The molecule has 1 heterocycles. The van der Waals surface area contributed by atoms with Crippen LogP contribution >= 0.6 is 0 Å². The van der Waals surface area contributed by atoms with Gasteiger partial charge in [-0.25, -0.2) is 4.99 Å². The van der Waals surface area contributed by atoms with Crippen molar-refractivity contribution in [3.8, 4) is 0 Å². The summed E-state index contributed by atoms with van der Waals surface area (Å²) in [6, 6.07) is 0. The van der Waals surface area contributed by atoms with E-state index in [1.165, 1.54) is 0 Å². The Bertz CT molecular complexity index is 486. The van der Waals surface area contributed by atoms with Crippen molar-refractivity contribution in [3.05, 3.63) is 11.8 Å². The zero-order chi connectivity index (χ0) is 18.2. The van der Waals surface area contributed by atoms with E-state index in [1.54, 1.807) is 7.11 Å². The molecule has 0 aliphatic carbocycles. The molecule has 0 radical (unpaired) electrons. The highest BCUT2D eigenvalue weighted by Crippen LogP contribution is 2.37. The quantitative estimate of drug-likeness (QED) is 0.404. The van der Waals surface area contributed by atoms with Crippen LogP contribution in [0.5, 0.6) is 0 Å². The number of ether oxygens (including phenoxy) is 1. The monoisotopic (exact) mass is 337 g/mol. The number of aliphatic imine (C=N–C) groups is 2. The van der Waals surface area contributed by atoms with Gasteiger partial charge in [-0.3, -0.25) is 10.3 Å². The Labute approximate surface area is 147 Å². The van der Waals surface area contributed by atoms with Gasteiger partial charge in [0.1, 0.15) is 11.7 Å². The van der Waals surface area contributed by atoms with Gasteiger partial charge in [0.05, 0.1) is 19.0 Å². The molecular formula is C18H35N5O. The fourth-order valence-corrected chi connectivity index (χ4v) is 3.03. The van der Waals surface area contributed by atoms with Crippen molar-refractivity contribution in [2.24, 2.45) is 21.3 Å². The third kappa shape index (κ3) is 5.13. The molecule has 1 rings (SSSR count). The van der Waals surface area contributed by atoms with Crippen LogP contribution in [0.4, 0.5) is 0 Å². The number of hydrogen-bond donors (Lipinski definition) is 2. The molecule has 0 aromatic heterocycles. The fraction of sp³-hybridized carbons (Fsp3) is 0.778. The number of amidine groups is 2. The number of allylic oxidation sites excluding steroid dienone is 1. The lowest BCUT2D eigenvalue weighted by Gasteiger charge is -2.26. The average molecular weight is 338 g/mol. The van der Waals surface area contributed by atoms with E-state index in [0.29, 0.717) is 19.2 Å². The minimum absolute atomic E-state index is 0.0374. The van der Waals surface area contributed by atoms with E-state index in [2.05, 4.69) is 43.2 Å². The first-order valence-corrected chi connectivity index (χ1v) is 8.80. The molecule has 1 aliphatic heterocycles. The molecule has 24 heavy (non-hydrogen) atoms. The number of rotatable bonds is 8. The van der Waals surface area contributed by atoms with Crippen molar-refractivity contribution in [1.29, 1.82) is 0 Å². The molecular weight excluding hydrogens is 302 g/mol. The maximum atomic E-state index is 5.48. The van der Waals surface area contributed by atoms with Crippen LogP contribution in [0.1, 0.15) is 34.6 Å². The normalized spacial score (nSPS) is 27.4. The molecule has 2 atom stereocenters. The van der Waals surface area contributed by atoms with E-state index in [0.717, 1.165) is 37.0 Å². The van der Waals surface area contributed by atoms with Crippen LogP contribution in [0, 0.1) is 11.3 Å². The van der Waals surface area contributed by atoms with Gasteiger partial charge in [0.25, 0.3) is 0 Å². The van der Waals surface area contributed by atoms with Crippen molar-refractivity contribution in [2.75, 3.05) is 47.1 Å². The van der Waals surface area contributed by atoms with E-state index in [4.69, 9.17) is 14.7 Å². The van der Waals surface area contributed by atoms with E-state index in [9.17, 15) is 0 Å². The summed E-state index contributed by atoms with van der Waals surface area (Å²) in [5, 5.41) is 6.44. The molecule has 1 unspecified atom stereocenters. The van der Waals surface area contributed by atoms with Gasteiger partial charge in [-0.05, 0) is 27.4 Å². The third-order valence-electron chi connectivity index (χ3n) is 4.69. The van der Waals surface area contributed by atoms with Crippen LogP contribution in [0.3, 0.4) is 0 Å². The van der Waals surface area contributed by atoms with Gasteiger partial charge in [-0.1, -0.05) is 26.8 Å². The van der Waals surface area contributed by atoms with Gasteiger partial charge in [-0.2, -0.15) is 0 Å². The summed E-state index contributed by atoms with van der Waals surface area (Å²) < 4.78 is 5.48. The Morgan fingerprint density at radius 3 is 2.75 bits per heavy atom. The molecule has 0 amide bonds. The summed E-state index contributed by atoms with van der Waals surface area (Å²) in [4.78, 5) is 11.9. The van der Waals surface area contributed by atoms with E-state index in [-0.39, 0.29) is 5.41 Å². The number of hydrogen-bond acceptors (Lipinski definition) is 5. The van der Waals surface area contributed by atoms with Gasteiger partial charge < -0.3 is 15.0 Å². The summed E-state index contributed by atoms with van der Waals surface area (Å²) in [7, 11) is 3.70. The molecule has 6 nitrogen and oxygen atoms in total. The summed E-state index contributed by atoms with van der Waals surface area (Å²) in [6.07, 6.45) is 2.04. The molecule has 6 heteroatoms. The lowest BCUT2D eigenvalue weighted by Crippen LogP contribution is -2.34. The maximum Gasteiger partial charge on any atom is 0.109 e. The van der Waals surface area contributed by atoms with Crippen LogP contribution in [0.2, 0.25) is 0 Å². The van der Waals surface area contributed by atoms with Crippen molar-refractivity contribution < 1.29 is 4.74 Å². The molecule has 2 N–H and O–H groups in total. The summed E-state index contributed by atoms with van der Waals surface area (Å²) in [6.45, 7) is 14.6. The first kappa shape index (κ1) is 20.8. The lowest BCUT2D eigenvalue weighted by atomic mass is 9.81. The summed E-state index contributed by atoms with van der Waals surface area (Å²) in [5.74, 6) is 2.40. The van der Waals surface area contributed by atoms with Crippen LogP contribution in [-0.4, -0.2) is 63.6 Å². The summed E-state index contributed by atoms with van der Waals surface area (Å²) in [5.41, 5.74) is 1.07. The Morgan fingerprint density at radius 2 is 2.21 bits per heavy atom. The standard InChI is InChI=1S/C18H35N5O/c1-8-16(10-19-6)22-15(4)23-11-18(5,12-24-7)14(3)17(23)21-13-20-9-2/h8,14,19-20H,9-13H2,1-7H3/b16-8-,21-17+,22-15?/t14?,18-/m1/s1. The van der Waals surface area contributed by atoms with Crippen molar-refractivity contribution >= 4 is 11.7 Å². The number of likely N-dealkylation sites (tertiary alicyclic amines) is 1. The third-order valence-corrected chi connectivity index (χ3v) is 4.69. The summed E-state index contributed by atoms with van der Waals surface area (Å²) >= 11 is 0. The molecule has 1 fully saturated rings. The average Bonchev–Trinajstić information content (AvgIpc) is 2.80. The number of likely N-dealkylation sites (N-methyl/N-ethyl adjacent to an activating group) is 1. The molecule has 0 aromatic rings. The fourth-order valence-electron chi connectivity index (χ4n) is 3.03. The lowest BCUT2D eigenvalue weighted by molar-refractivity contribution is 0.0807. The molecule has 0 aromatic carbocycles. The second kappa shape index (κ2) is 9.91. The molecule has 0 saturated carbocycles. The Balaban J connectivity index is 3.11. The number of nitrogens with zero attached hydrogens (tertiary/aromatic N) is 3. The van der Waals surface area contributed by atoms with Crippen LogP contribution in [0.25, 0.3) is 0 Å². The van der Waals surface area contributed by atoms with Crippen molar-refractivity contribution in [3.63, 3.8) is 0 Å². The Morgan fingerprint density at radius 1 is 1.50 bits per heavy atom. The predicted molar refractivity (Wildman–Crippen MR) is 103 cm³/mol. The van der Waals surface area contributed by atoms with Gasteiger partial charge in [0, 0.05) is 31.5 Å². The van der Waals surface area contributed by atoms with Gasteiger partial charge in [-0.15, -0.1) is 0 Å². The van der Waals surface area contributed by atoms with Crippen LogP contribution in [0.15, 0.2) is 21.8 Å². The maximum absolute atomic E-state index is 5.48. The van der Waals surface area contributed by atoms with E-state index in [1.807, 2.05) is 20.0 Å². The largest absolute Gasteiger partial charge is 0.384 e. The van der Waals surface area contributed by atoms with E-state index >= 15 is 0 Å². The second-order valence-corrected chi connectivity index (χ2v) is 6.64. The van der Waals surface area contributed by atoms with Gasteiger partial charge in [0.2, 0.25) is 0 Å². The molecule has 0 spiro atoms. The topological polar surface area (TPSA) is 61.2 Å². The second-order valence-electron chi connectivity index (χ2n) is 6.64. The highest BCUT2D eigenvalue weighted by atomic mass is 16.5. The Hall–Kier alpha value is -1.24. The SMILES string of the molecule is C/C=C(/CNC)N=C(C)N1C[C@](C)(COC)C(C)/C1=N\CNCC. The van der Waals surface area contributed by atoms with Gasteiger partial charge >= 0.3 is 0 Å². The van der Waals surface area contributed by atoms with Crippen LogP contribution in [-0.2, 0) is 4.74 Å². The van der Waals surface area contributed by atoms with Gasteiger partial charge in [0.15, 0.2) is 0 Å². The van der Waals surface area contributed by atoms with E-state index < -0.39 is 0 Å². The zero-order valence-electron chi connectivity index (χ0n) is 16.4. The highest BCUT2D eigenvalue weighted by molar-refractivity contribution is 6.03. The minimum Gasteiger partial charge on any atom is -0.384 e. The highest BCUT2D eigenvalue weighted by Gasteiger charge is 2.45. The molecule has 1 aliphatic rings. The zero-order valence-corrected chi connectivity index (χ0v) is 16.4. The number of nitrogens with one attached hydrogen (secondary N) is 2. The van der Waals surface area contributed by atoms with Crippen molar-refractivity contribution in [2.45, 2.75) is 34.6 Å². The molecule has 138 valence electrons. The van der Waals surface area contributed by atoms with Crippen LogP contribution < -0.4 is 10.6 Å². The molecule has 0 bridgehead atoms. The van der Waals surface area contributed by atoms with Crippen molar-refractivity contribution in [1.82, 2.24) is 15.5 Å². The number of methoxy groups -OCH3 is 1.